The number of H-pyrrole nitrogens is 1. The molecule has 28 heavy (non-hydrogen) atoms. The monoisotopic (exact) mass is 375 g/mol. The number of rotatable bonds is 5. The van der Waals surface area contributed by atoms with E-state index in [4.69, 9.17) is 0 Å². The van der Waals surface area contributed by atoms with Gasteiger partial charge in [0.25, 0.3) is 5.56 Å². The highest BCUT2D eigenvalue weighted by Crippen LogP contribution is 2.17. The predicted octanol–water partition coefficient (Wildman–Crippen LogP) is 1.63. The minimum absolute atomic E-state index is 0.197. The van der Waals surface area contributed by atoms with Crippen LogP contribution in [0.3, 0.4) is 0 Å². The second-order valence-electron chi connectivity index (χ2n) is 6.30. The van der Waals surface area contributed by atoms with Gasteiger partial charge in [-0.15, -0.1) is 0 Å². The van der Waals surface area contributed by atoms with Gasteiger partial charge in [0.15, 0.2) is 0 Å². The Morgan fingerprint density at radius 3 is 2.82 bits per heavy atom. The SMILES string of the molecule is O=C(Cn1cnc2ccccc2c1=O)NCC(=O)Nc1ccc2cc[nH]c2c1. The summed E-state index contributed by atoms with van der Waals surface area (Å²) in [5.41, 5.74) is 1.81. The Kier molecular flexibility index (Phi) is 4.59. The topological polar surface area (TPSA) is 109 Å². The Morgan fingerprint density at radius 1 is 1.07 bits per heavy atom. The lowest BCUT2D eigenvalue weighted by Gasteiger charge is -2.09. The molecule has 4 rings (SSSR count). The van der Waals surface area contributed by atoms with Crippen molar-refractivity contribution in [3.05, 3.63) is 71.4 Å². The van der Waals surface area contributed by atoms with Crippen molar-refractivity contribution in [1.82, 2.24) is 19.9 Å². The third-order valence-corrected chi connectivity index (χ3v) is 4.33. The Bertz CT molecular complexity index is 1240. The number of anilines is 1. The summed E-state index contributed by atoms with van der Waals surface area (Å²) in [6, 6.07) is 14.3. The maximum Gasteiger partial charge on any atom is 0.261 e. The van der Waals surface area contributed by atoms with Crippen molar-refractivity contribution in [3.63, 3.8) is 0 Å². The number of para-hydroxylation sites is 1. The van der Waals surface area contributed by atoms with Crippen molar-refractivity contribution in [3.8, 4) is 0 Å². The summed E-state index contributed by atoms with van der Waals surface area (Å²) in [5, 5.41) is 6.72. The minimum Gasteiger partial charge on any atom is -0.361 e. The lowest BCUT2D eigenvalue weighted by atomic mass is 10.2. The molecule has 0 radical (unpaired) electrons. The number of hydrogen-bond donors (Lipinski definition) is 3. The summed E-state index contributed by atoms with van der Waals surface area (Å²) in [7, 11) is 0. The molecule has 0 saturated heterocycles. The molecule has 0 unspecified atom stereocenters. The molecule has 0 spiro atoms. The first-order valence-electron chi connectivity index (χ1n) is 8.68. The van der Waals surface area contributed by atoms with E-state index in [1.54, 1.807) is 30.3 Å². The average Bonchev–Trinajstić information content (AvgIpc) is 3.17. The van der Waals surface area contributed by atoms with Crippen LogP contribution in [-0.2, 0) is 16.1 Å². The third kappa shape index (κ3) is 3.61. The number of nitrogens with zero attached hydrogens (tertiary/aromatic N) is 2. The Balaban J connectivity index is 1.35. The van der Waals surface area contributed by atoms with Crippen LogP contribution in [0.4, 0.5) is 5.69 Å². The van der Waals surface area contributed by atoms with Crippen LogP contribution >= 0.6 is 0 Å². The zero-order chi connectivity index (χ0) is 19.5. The van der Waals surface area contributed by atoms with Crippen LogP contribution in [0.1, 0.15) is 0 Å². The molecule has 2 heterocycles. The van der Waals surface area contributed by atoms with Gasteiger partial charge in [-0.2, -0.15) is 0 Å². The molecule has 2 aromatic heterocycles. The van der Waals surface area contributed by atoms with Gasteiger partial charge >= 0.3 is 0 Å². The van der Waals surface area contributed by atoms with E-state index >= 15 is 0 Å². The summed E-state index contributed by atoms with van der Waals surface area (Å²) in [6.45, 7) is -0.407. The number of amides is 2. The zero-order valence-electron chi connectivity index (χ0n) is 14.8. The summed E-state index contributed by atoms with van der Waals surface area (Å²) < 4.78 is 1.22. The van der Waals surface area contributed by atoms with Gasteiger partial charge in [0, 0.05) is 17.4 Å². The fourth-order valence-electron chi connectivity index (χ4n) is 2.94. The van der Waals surface area contributed by atoms with Gasteiger partial charge in [-0.05, 0) is 35.7 Å². The van der Waals surface area contributed by atoms with Gasteiger partial charge < -0.3 is 15.6 Å². The van der Waals surface area contributed by atoms with Crippen molar-refractivity contribution >= 4 is 39.3 Å². The number of aromatic amines is 1. The molecule has 2 amide bonds. The fraction of sp³-hybridized carbons (Fsp3) is 0.100. The number of nitrogens with one attached hydrogen (secondary N) is 3. The highest BCUT2D eigenvalue weighted by Gasteiger charge is 2.10. The molecule has 3 N–H and O–H groups in total. The van der Waals surface area contributed by atoms with Crippen LogP contribution in [0.15, 0.2) is 65.8 Å². The molecule has 4 aromatic rings. The molecule has 0 saturated carbocycles. The quantitative estimate of drug-likeness (QED) is 0.493. The largest absolute Gasteiger partial charge is 0.361 e. The Morgan fingerprint density at radius 2 is 1.93 bits per heavy atom. The average molecular weight is 375 g/mol. The summed E-state index contributed by atoms with van der Waals surface area (Å²) in [4.78, 5) is 43.8. The van der Waals surface area contributed by atoms with Gasteiger partial charge in [0.2, 0.25) is 11.8 Å². The van der Waals surface area contributed by atoms with Crippen LogP contribution in [0, 0.1) is 0 Å². The molecule has 0 fully saturated rings. The van der Waals surface area contributed by atoms with Gasteiger partial charge in [-0.1, -0.05) is 18.2 Å². The molecule has 0 bridgehead atoms. The van der Waals surface area contributed by atoms with Crippen molar-refractivity contribution in [2.24, 2.45) is 0 Å². The first-order chi connectivity index (χ1) is 13.6. The third-order valence-electron chi connectivity index (χ3n) is 4.33. The molecule has 140 valence electrons. The van der Waals surface area contributed by atoms with Crippen LogP contribution < -0.4 is 16.2 Å². The second-order valence-corrected chi connectivity index (χ2v) is 6.30. The predicted molar refractivity (Wildman–Crippen MR) is 106 cm³/mol. The molecular formula is C20H17N5O3. The molecule has 8 heteroatoms. The highest BCUT2D eigenvalue weighted by molar-refractivity contribution is 5.96. The summed E-state index contributed by atoms with van der Waals surface area (Å²) in [6.07, 6.45) is 3.15. The first-order valence-corrected chi connectivity index (χ1v) is 8.68. The number of carbonyl (C=O) groups is 2. The van der Waals surface area contributed by atoms with Gasteiger partial charge in [0.1, 0.15) is 6.54 Å². The zero-order valence-corrected chi connectivity index (χ0v) is 14.8. The molecule has 2 aromatic carbocycles. The maximum absolute atomic E-state index is 12.4. The van der Waals surface area contributed by atoms with Crippen molar-refractivity contribution < 1.29 is 9.59 Å². The molecule has 0 aliphatic carbocycles. The molecule has 0 aliphatic heterocycles. The van der Waals surface area contributed by atoms with E-state index in [9.17, 15) is 14.4 Å². The van der Waals surface area contributed by atoms with Crippen LogP contribution in [-0.4, -0.2) is 32.9 Å². The Labute approximate surface area is 159 Å². The van der Waals surface area contributed by atoms with Crippen molar-refractivity contribution in [2.75, 3.05) is 11.9 Å². The first kappa shape index (κ1) is 17.5. The van der Waals surface area contributed by atoms with E-state index in [1.165, 1.54) is 10.9 Å². The van der Waals surface area contributed by atoms with Crippen molar-refractivity contribution in [2.45, 2.75) is 6.54 Å². The number of fused-ring (bicyclic) bond motifs is 2. The number of hydrogen-bond acceptors (Lipinski definition) is 4. The number of benzene rings is 2. The second kappa shape index (κ2) is 7.36. The van der Waals surface area contributed by atoms with Crippen molar-refractivity contribution in [1.29, 1.82) is 0 Å². The molecular weight excluding hydrogens is 358 g/mol. The van der Waals surface area contributed by atoms with Gasteiger partial charge in [0.05, 0.1) is 23.8 Å². The van der Waals surface area contributed by atoms with Crippen LogP contribution in [0.5, 0.6) is 0 Å². The fourth-order valence-corrected chi connectivity index (χ4v) is 2.94. The van der Waals surface area contributed by atoms with Crippen LogP contribution in [0.2, 0.25) is 0 Å². The van der Waals surface area contributed by atoms with E-state index in [2.05, 4.69) is 20.6 Å². The van der Waals surface area contributed by atoms with E-state index in [1.807, 2.05) is 24.4 Å². The highest BCUT2D eigenvalue weighted by atomic mass is 16.2. The smallest absolute Gasteiger partial charge is 0.261 e. The van der Waals surface area contributed by atoms with Gasteiger partial charge in [-0.3, -0.25) is 19.0 Å². The summed E-state index contributed by atoms with van der Waals surface area (Å²) in [5.74, 6) is -0.808. The molecule has 0 atom stereocenters. The van der Waals surface area contributed by atoms with E-state index in [0.717, 1.165) is 10.9 Å². The standard InChI is InChI=1S/C20H17N5O3/c26-18(24-14-6-5-13-7-8-21-17(13)9-14)10-22-19(27)11-25-12-23-16-4-2-1-3-15(16)20(25)28/h1-9,12,21H,10-11H2,(H,22,27)(H,24,26). The number of carbonyl (C=O) groups excluding carboxylic acids is 2. The molecule has 8 nitrogen and oxygen atoms in total. The Hall–Kier alpha value is -3.94. The lowest BCUT2D eigenvalue weighted by molar-refractivity contribution is -0.124. The lowest BCUT2D eigenvalue weighted by Crippen LogP contribution is -2.37. The normalized spacial score (nSPS) is 10.9. The number of aromatic nitrogens is 3. The van der Waals surface area contributed by atoms with E-state index in [0.29, 0.717) is 16.6 Å². The molecule has 0 aliphatic rings. The van der Waals surface area contributed by atoms with Crippen LogP contribution in [0.25, 0.3) is 21.8 Å². The van der Waals surface area contributed by atoms with Gasteiger partial charge in [-0.25, -0.2) is 4.98 Å². The minimum atomic E-state index is -0.450. The summed E-state index contributed by atoms with van der Waals surface area (Å²) >= 11 is 0. The van der Waals surface area contributed by atoms with E-state index in [-0.39, 0.29) is 24.6 Å². The van der Waals surface area contributed by atoms with E-state index < -0.39 is 5.91 Å². The maximum atomic E-state index is 12.4.